The van der Waals surface area contributed by atoms with Crippen molar-refractivity contribution in [3.63, 3.8) is 0 Å². The number of aliphatic hydroxyl groups excluding tert-OH is 1. The maximum absolute atomic E-state index is 13.5. The first-order valence-corrected chi connectivity index (χ1v) is 9.17. The number of hydrogen-bond donors (Lipinski definition) is 1. The SMILES string of the molecule is COc1cc(-c2c(-c3ccc(CO)o3)oc3ccccc3c2=O)cc(OC)c1OC. The Bertz CT molecular complexity index is 1240. The van der Waals surface area contributed by atoms with Crippen LogP contribution in [0.1, 0.15) is 5.76 Å². The molecule has 0 saturated heterocycles. The lowest BCUT2D eigenvalue weighted by Crippen LogP contribution is -2.08. The van der Waals surface area contributed by atoms with E-state index in [4.69, 9.17) is 23.0 Å². The molecule has 0 aliphatic carbocycles. The van der Waals surface area contributed by atoms with Crippen LogP contribution < -0.4 is 19.6 Å². The Morgan fingerprint density at radius 3 is 2.20 bits per heavy atom. The van der Waals surface area contributed by atoms with Crippen molar-refractivity contribution in [2.45, 2.75) is 6.61 Å². The minimum absolute atomic E-state index is 0.233. The summed E-state index contributed by atoms with van der Waals surface area (Å²) < 4.78 is 28.0. The van der Waals surface area contributed by atoms with Crippen LogP contribution in [-0.4, -0.2) is 26.4 Å². The number of rotatable bonds is 6. The van der Waals surface area contributed by atoms with Gasteiger partial charge in [0.25, 0.3) is 0 Å². The predicted octanol–water partition coefficient (Wildman–Crippen LogP) is 4.24. The third-order valence-corrected chi connectivity index (χ3v) is 4.79. The normalized spacial score (nSPS) is 10.9. The Balaban J connectivity index is 2.08. The van der Waals surface area contributed by atoms with Gasteiger partial charge in [0.15, 0.2) is 23.0 Å². The molecule has 7 heteroatoms. The van der Waals surface area contributed by atoms with E-state index < -0.39 is 0 Å². The zero-order valence-electron chi connectivity index (χ0n) is 16.7. The van der Waals surface area contributed by atoms with Crippen LogP contribution in [0.4, 0.5) is 0 Å². The standard InChI is InChI=1S/C23H20O7/c1-26-18-10-13(11-19(27-2)22(18)28-3)20-21(25)15-6-4-5-7-16(15)30-23(20)17-9-8-14(12-24)29-17/h4-11,24H,12H2,1-3H3. The number of hydrogen-bond acceptors (Lipinski definition) is 7. The van der Waals surface area contributed by atoms with Crippen LogP contribution in [0.2, 0.25) is 0 Å². The molecule has 30 heavy (non-hydrogen) atoms. The van der Waals surface area contributed by atoms with Crippen molar-refractivity contribution in [3.05, 3.63) is 64.5 Å². The first kappa shape index (κ1) is 19.6. The van der Waals surface area contributed by atoms with Crippen molar-refractivity contribution >= 4 is 11.0 Å². The molecule has 0 atom stereocenters. The van der Waals surface area contributed by atoms with Gasteiger partial charge >= 0.3 is 0 Å². The van der Waals surface area contributed by atoms with Crippen molar-refractivity contribution in [1.82, 2.24) is 0 Å². The molecule has 154 valence electrons. The lowest BCUT2D eigenvalue weighted by atomic mass is 10.00. The molecular formula is C23H20O7. The third-order valence-electron chi connectivity index (χ3n) is 4.79. The zero-order valence-corrected chi connectivity index (χ0v) is 16.7. The highest BCUT2D eigenvalue weighted by atomic mass is 16.5. The summed E-state index contributed by atoms with van der Waals surface area (Å²) in [6.07, 6.45) is 0. The van der Waals surface area contributed by atoms with E-state index in [1.165, 1.54) is 21.3 Å². The predicted molar refractivity (Wildman–Crippen MR) is 111 cm³/mol. The van der Waals surface area contributed by atoms with Gasteiger partial charge in [-0.1, -0.05) is 12.1 Å². The molecule has 4 aromatic rings. The smallest absolute Gasteiger partial charge is 0.203 e. The van der Waals surface area contributed by atoms with Gasteiger partial charge in [0, 0.05) is 0 Å². The van der Waals surface area contributed by atoms with Crippen molar-refractivity contribution in [3.8, 4) is 39.9 Å². The second-order valence-corrected chi connectivity index (χ2v) is 6.47. The molecule has 2 aromatic carbocycles. The van der Waals surface area contributed by atoms with E-state index in [0.29, 0.717) is 45.3 Å². The topological polar surface area (TPSA) is 91.3 Å². The molecule has 7 nitrogen and oxygen atoms in total. The molecule has 0 fully saturated rings. The van der Waals surface area contributed by atoms with Crippen LogP contribution in [0.5, 0.6) is 17.2 Å². The molecule has 0 aliphatic heterocycles. The maximum atomic E-state index is 13.5. The Kier molecular flexibility index (Phi) is 5.20. The Hall–Kier alpha value is -3.71. The van der Waals surface area contributed by atoms with Crippen LogP contribution >= 0.6 is 0 Å². The minimum atomic E-state index is -0.267. The summed E-state index contributed by atoms with van der Waals surface area (Å²) in [5.74, 6) is 2.15. The Morgan fingerprint density at radius 1 is 0.900 bits per heavy atom. The van der Waals surface area contributed by atoms with Crippen LogP contribution in [-0.2, 0) is 6.61 Å². The van der Waals surface area contributed by atoms with Crippen molar-refractivity contribution < 1.29 is 28.2 Å². The van der Waals surface area contributed by atoms with Gasteiger partial charge in [-0.3, -0.25) is 4.79 Å². The maximum Gasteiger partial charge on any atom is 0.203 e. The fourth-order valence-electron chi connectivity index (χ4n) is 3.39. The van der Waals surface area contributed by atoms with E-state index in [2.05, 4.69) is 0 Å². The van der Waals surface area contributed by atoms with Crippen molar-refractivity contribution in [1.29, 1.82) is 0 Å². The molecule has 2 aromatic heterocycles. The fraction of sp³-hybridized carbons (Fsp3) is 0.174. The van der Waals surface area contributed by atoms with Crippen LogP contribution in [0, 0.1) is 0 Å². The molecule has 0 amide bonds. The van der Waals surface area contributed by atoms with Crippen molar-refractivity contribution in [2.75, 3.05) is 21.3 Å². The average molecular weight is 408 g/mol. The van der Waals surface area contributed by atoms with Crippen LogP contribution in [0.15, 0.2) is 62.2 Å². The highest BCUT2D eigenvalue weighted by Gasteiger charge is 2.23. The quantitative estimate of drug-likeness (QED) is 0.510. The van der Waals surface area contributed by atoms with Crippen LogP contribution in [0.25, 0.3) is 33.6 Å². The highest BCUT2D eigenvalue weighted by molar-refractivity contribution is 5.89. The van der Waals surface area contributed by atoms with Gasteiger partial charge in [-0.2, -0.15) is 0 Å². The lowest BCUT2D eigenvalue weighted by molar-refractivity contribution is 0.248. The molecule has 0 unspecified atom stereocenters. The van der Waals surface area contributed by atoms with E-state index in [9.17, 15) is 9.90 Å². The molecular weight excluding hydrogens is 388 g/mol. The van der Waals surface area contributed by atoms with E-state index in [0.717, 1.165) is 0 Å². The summed E-state index contributed by atoms with van der Waals surface area (Å²) in [4.78, 5) is 13.5. The van der Waals surface area contributed by atoms with E-state index >= 15 is 0 Å². The summed E-state index contributed by atoms with van der Waals surface area (Å²) in [5.41, 5.74) is 0.992. The first-order chi connectivity index (χ1) is 14.6. The van der Waals surface area contributed by atoms with Gasteiger partial charge in [0.05, 0.1) is 32.3 Å². The lowest BCUT2D eigenvalue weighted by Gasteiger charge is -2.15. The molecule has 0 radical (unpaired) electrons. The Morgan fingerprint density at radius 2 is 1.60 bits per heavy atom. The van der Waals surface area contributed by atoms with Gasteiger partial charge in [0.2, 0.25) is 11.2 Å². The molecule has 0 aliphatic rings. The van der Waals surface area contributed by atoms with Gasteiger partial charge in [-0.15, -0.1) is 0 Å². The van der Waals surface area contributed by atoms with Gasteiger partial charge < -0.3 is 28.2 Å². The number of ether oxygens (including phenoxy) is 3. The molecule has 1 N–H and O–H groups in total. The summed E-state index contributed by atoms with van der Waals surface area (Å²) in [6, 6.07) is 13.6. The molecule has 0 saturated carbocycles. The highest BCUT2D eigenvalue weighted by Crippen LogP contribution is 2.43. The zero-order chi connectivity index (χ0) is 21.3. The number of methoxy groups -OCH3 is 3. The largest absolute Gasteiger partial charge is 0.493 e. The number of aliphatic hydroxyl groups is 1. The van der Waals surface area contributed by atoms with Crippen LogP contribution in [0.3, 0.4) is 0 Å². The van der Waals surface area contributed by atoms with Gasteiger partial charge in [-0.05, 0) is 42.0 Å². The number of para-hydroxylation sites is 1. The molecule has 0 bridgehead atoms. The minimum Gasteiger partial charge on any atom is -0.493 e. The third kappa shape index (κ3) is 3.19. The average Bonchev–Trinajstić information content (AvgIpc) is 3.27. The van der Waals surface area contributed by atoms with Crippen molar-refractivity contribution in [2.24, 2.45) is 0 Å². The van der Waals surface area contributed by atoms with E-state index in [1.54, 1.807) is 48.5 Å². The summed E-state index contributed by atoms with van der Waals surface area (Å²) in [7, 11) is 4.52. The first-order valence-electron chi connectivity index (χ1n) is 9.17. The Labute approximate surface area is 172 Å². The summed E-state index contributed by atoms with van der Waals surface area (Å²) in [6.45, 7) is -0.267. The second-order valence-electron chi connectivity index (χ2n) is 6.47. The monoisotopic (exact) mass is 408 g/mol. The molecule has 0 spiro atoms. The summed E-state index contributed by atoms with van der Waals surface area (Å²) >= 11 is 0. The summed E-state index contributed by atoms with van der Waals surface area (Å²) in [5, 5.41) is 9.80. The van der Waals surface area contributed by atoms with E-state index in [1.807, 2.05) is 0 Å². The molecule has 4 rings (SSSR count). The van der Waals surface area contributed by atoms with Gasteiger partial charge in [-0.25, -0.2) is 0 Å². The van der Waals surface area contributed by atoms with E-state index in [-0.39, 0.29) is 23.4 Å². The fourth-order valence-corrected chi connectivity index (χ4v) is 3.39. The number of benzene rings is 2. The van der Waals surface area contributed by atoms with Gasteiger partial charge in [0.1, 0.15) is 18.0 Å². The number of furan rings is 1. The molecule has 2 heterocycles. The number of fused-ring (bicyclic) bond motifs is 1. The second kappa shape index (κ2) is 7.96.